The number of rotatable bonds is 4. The van der Waals surface area contributed by atoms with Gasteiger partial charge in [-0.3, -0.25) is 4.79 Å². The fraction of sp³-hybridized carbons (Fsp3) is 0.300. The minimum atomic E-state index is -1.15. The molecule has 0 saturated heterocycles. The van der Waals surface area contributed by atoms with Crippen molar-refractivity contribution in [3.63, 3.8) is 0 Å². The van der Waals surface area contributed by atoms with E-state index in [1.54, 1.807) is 0 Å². The number of aryl methyl sites for hydroxylation is 2. The fourth-order valence-electron chi connectivity index (χ4n) is 3.21. The van der Waals surface area contributed by atoms with Crippen LogP contribution in [0.15, 0.2) is 36.4 Å². The van der Waals surface area contributed by atoms with Gasteiger partial charge in [0.15, 0.2) is 0 Å². The van der Waals surface area contributed by atoms with E-state index >= 15 is 0 Å². The molecule has 1 amide bonds. The summed E-state index contributed by atoms with van der Waals surface area (Å²) in [5.41, 5.74) is 3.44. The Morgan fingerprint density at radius 3 is 2.60 bits per heavy atom. The van der Waals surface area contributed by atoms with Crippen molar-refractivity contribution in [2.45, 2.75) is 38.1 Å². The highest BCUT2D eigenvalue weighted by atomic mass is 19.1. The molecule has 0 bridgehead atoms. The molecule has 128 valence electrons. The Morgan fingerprint density at radius 2 is 1.88 bits per heavy atom. The van der Waals surface area contributed by atoms with Crippen LogP contribution < -0.4 is 5.32 Å². The molecule has 1 aliphatic carbocycles. The van der Waals surface area contributed by atoms with Gasteiger partial charge in [-0.15, -0.1) is 0 Å². The third kappa shape index (κ3) is 4.03. The normalized spacial score (nSPS) is 14.3. The van der Waals surface area contributed by atoms with Gasteiger partial charge in [-0.2, -0.15) is 5.26 Å². The number of carbonyl (C=O) groups excluding carboxylic acids is 1. The van der Waals surface area contributed by atoms with E-state index in [1.165, 1.54) is 23.6 Å². The van der Waals surface area contributed by atoms with Crippen LogP contribution in [-0.2, 0) is 24.1 Å². The van der Waals surface area contributed by atoms with Crippen molar-refractivity contribution in [2.24, 2.45) is 0 Å². The van der Waals surface area contributed by atoms with Crippen LogP contribution in [0, 0.1) is 23.0 Å². The first kappa shape index (κ1) is 17.1. The molecule has 0 spiro atoms. The van der Waals surface area contributed by atoms with Gasteiger partial charge in [0.25, 0.3) is 0 Å². The molecule has 0 aliphatic heterocycles. The summed E-state index contributed by atoms with van der Waals surface area (Å²) in [4.78, 5) is 12.2. The Balaban J connectivity index is 1.70. The predicted molar refractivity (Wildman–Crippen MR) is 89.6 cm³/mol. The maximum Gasteiger partial charge on any atom is 0.225 e. The maximum atomic E-state index is 13.8. The van der Waals surface area contributed by atoms with Gasteiger partial charge in [0, 0.05) is 11.6 Å². The quantitative estimate of drug-likeness (QED) is 0.921. The van der Waals surface area contributed by atoms with Gasteiger partial charge >= 0.3 is 0 Å². The first-order chi connectivity index (χ1) is 12.1. The van der Waals surface area contributed by atoms with Crippen molar-refractivity contribution < 1.29 is 13.6 Å². The number of nitriles is 1. The lowest BCUT2D eigenvalue weighted by Gasteiger charge is -2.17. The van der Waals surface area contributed by atoms with Crippen LogP contribution >= 0.6 is 0 Å². The molecule has 1 unspecified atom stereocenters. The second-order valence-corrected chi connectivity index (χ2v) is 6.28. The molecule has 25 heavy (non-hydrogen) atoms. The Bertz CT molecular complexity index is 842. The third-order valence-corrected chi connectivity index (χ3v) is 4.49. The zero-order chi connectivity index (χ0) is 17.8. The van der Waals surface area contributed by atoms with Crippen molar-refractivity contribution >= 4 is 5.91 Å². The summed E-state index contributed by atoms with van der Waals surface area (Å²) in [7, 11) is 0. The van der Waals surface area contributed by atoms with Crippen LogP contribution in [0.3, 0.4) is 0 Å². The summed E-state index contributed by atoms with van der Waals surface area (Å²) in [5, 5.41) is 11.7. The van der Waals surface area contributed by atoms with E-state index in [9.17, 15) is 18.8 Å². The molecule has 0 radical (unpaired) electrons. The first-order valence-electron chi connectivity index (χ1n) is 8.31. The topological polar surface area (TPSA) is 52.9 Å². The molecular weight excluding hydrogens is 322 g/mol. The number of hydrogen-bond donors (Lipinski definition) is 1. The Hall–Kier alpha value is -2.74. The van der Waals surface area contributed by atoms with Gasteiger partial charge < -0.3 is 5.32 Å². The summed E-state index contributed by atoms with van der Waals surface area (Å²) in [5.74, 6) is -1.94. The third-order valence-electron chi connectivity index (χ3n) is 4.49. The number of hydrogen-bond acceptors (Lipinski definition) is 2. The molecule has 2 aromatic rings. The number of benzene rings is 2. The zero-order valence-electron chi connectivity index (χ0n) is 13.7. The highest BCUT2D eigenvalue weighted by Gasteiger charge is 2.19. The Kier molecular flexibility index (Phi) is 5.08. The molecule has 1 atom stereocenters. The lowest BCUT2D eigenvalue weighted by molar-refractivity contribution is -0.120. The van der Waals surface area contributed by atoms with Crippen molar-refractivity contribution in [3.8, 4) is 6.07 Å². The summed E-state index contributed by atoms with van der Waals surface area (Å²) < 4.78 is 26.8. The van der Waals surface area contributed by atoms with Crippen LogP contribution in [0.4, 0.5) is 8.78 Å². The molecule has 1 N–H and O–H groups in total. The molecule has 3 nitrogen and oxygen atoms in total. The van der Waals surface area contributed by atoms with Crippen molar-refractivity contribution in [1.82, 2.24) is 5.32 Å². The molecule has 5 heteroatoms. The molecule has 0 heterocycles. The lowest BCUT2D eigenvalue weighted by Crippen LogP contribution is -2.29. The largest absolute Gasteiger partial charge is 0.336 e. The lowest BCUT2D eigenvalue weighted by atomic mass is 9.90. The Morgan fingerprint density at radius 1 is 1.12 bits per heavy atom. The van der Waals surface area contributed by atoms with E-state index in [2.05, 4.69) is 11.4 Å². The maximum absolute atomic E-state index is 13.8. The number of nitrogens with zero attached hydrogens (tertiary/aromatic N) is 1. The highest BCUT2D eigenvalue weighted by molar-refractivity contribution is 5.79. The van der Waals surface area contributed by atoms with Gasteiger partial charge in [-0.25, -0.2) is 8.78 Å². The minimum Gasteiger partial charge on any atom is -0.336 e. The minimum absolute atomic E-state index is 0.0392. The van der Waals surface area contributed by atoms with Crippen LogP contribution in [0.5, 0.6) is 0 Å². The average molecular weight is 340 g/mol. The van der Waals surface area contributed by atoms with E-state index in [0.29, 0.717) is 6.07 Å². The van der Waals surface area contributed by atoms with Gasteiger partial charge in [0.1, 0.15) is 17.7 Å². The monoisotopic (exact) mass is 340 g/mol. The van der Waals surface area contributed by atoms with Gasteiger partial charge in [0.05, 0.1) is 12.5 Å². The smallest absolute Gasteiger partial charge is 0.225 e. The number of nitrogens with one attached hydrogen (secondary N) is 1. The van der Waals surface area contributed by atoms with E-state index in [0.717, 1.165) is 30.9 Å². The van der Waals surface area contributed by atoms with E-state index < -0.39 is 17.7 Å². The van der Waals surface area contributed by atoms with Crippen molar-refractivity contribution in [1.29, 1.82) is 5.26 Å². The fourth-order valence-corrected chi connectivity index (χ4v) is 3.21. The first-order valence-corrected chi connectivity index (χ1v) is 8.31. The number of amides is 1. The number of fused-ring (bicyclic) bond motifs is 1. The molecule has 0 saturated carbocycles. The summed E-state index contributed by atoms with van der Waals surface area (Å²) in [6.45, 7) is 0. The average Bonchev–Trinajstić information content (AvgIpc) is 2.60. The highest BCUT2D eigenvalue weighted by Crippen LogP contribution is 2.23. The van der Waals surface area contributed by atoms with Gasteiger partial charge in [-0.05, 0) is 48.4 Å². The molecule has 3 rings (SSSR count). The second-order valence-electron chi connectivity index (χ2n) is 6.28. The summed E-state index contributed by atoms with van der Waals surface area (Å²) in [6, 6.07) is 9.66. The standard InChI is InChI=1S/C20H18F2N2O/c21-16-7-8-17(18(22)11-16)19(12-23)24-20(25)10-13-5-6-14-3-1-2-4-15(14)9-13/h5-9,11,19H,1-4,10H2,(H,24,25). The SMILES string of the molecule is N#CC(NC(=O)Cc1ccc2c(c1)CCCC2)c1ccc(F)cc1F. The number of carbonyl (C=O) groups is 1. The number of halogens is 2. The van der Waals surface area contributed by atoms with Crippen molar-refractivity contribution in [2.75, 3.05) is 0 Å². The van der Waals surface area contributed by atoms with Crippen LogP contribution in [0.2, 0.25) is 0 Å². The summed E-state index contributed by atoms with van der Waals surface area (Å²) >= 11 is 0. The van der Waals surface area contributed by atoms with Crippen LogP contribution in [0.25, 0.3) is 0 Å². The van der Waals surface area contributed by atoms with Crippen LogP contribution in [-0.4, -0.2) is 5.91 Å². The molecular formula is C20H18F2N2O. The zero-order valence-corrected chi connectivity index (χ0v) is 13.7. The van der Waals surface area contributed by atoms with Crippen molar-refractivity contribution in [3.05, 3.63) is 70.3 Å². The second kappa shape index (κ2) is 7.43. The Labute approximate surface area is 145 Å². The van der Waals surface area contributed by atoms with Gasteiger partial charge in [0.2, 0.25) is 5.91 Å². The molecule has 0 aromatic heterocycles. The molecule has 0 fully saturated rings. The molecule has 2 aromatic carbocycles. The van der Waals surface area contributed by atoms with E-state index in [4.69, 9.17) is 0 Å². The van der Waals surface area contributed by atoms with Crippen LogP contribution in [0.1, 0.15) is 41.1 Å². The van der Waals surface area contributed by atoms with E-state index in [1.807, 2.05) is 18.2 Å². The molecule has 1 aliphatic rings. The predicted octanol–water partition coefficient (Wildman–Crippen LogP) is 3.77. The van der Waals surface area contributed by atoms with Gasteiger partial charge in [-0.1, -0.05) is 24.3 Å². The van der Waals surface area contributed by atoms with E-state index in [-0.39, 0.29) is 17.9 Å². The summed E-state index contributed by atoms with van der Waals surface area (Å²) in [6.07, 6.45) is 4.56.